The maximum atomic E-state index is 14.8. The summed E-state index contributed by atoms with van der Waals surface area (Å²) >= 11 is 6.06. The molecule has 1 saturated carbocycles. The number of benzene rings is 2. The Labute approximate surface area is 235 Å². The van der Waals surface area contributed by atoms with Crippen molar-refractivity contribution in [2.45, 2.75) is 56.3 Å². The molecule has 0 bridgehead atoms. The standard InChI is InChI=1S/C30H30ClF4N3O2/c1-19(39)13-20-7-10-26(11-8-20)37-28(40)38-29(17-21-5-3-2-4-6-21,27-12-9-24(31)18-36-27)22-14-23(30(33,34)35)16-25(32)15-22/h2-6,9,12,14-16,18,20,26,39H,1,7-8,10-11,13,17H2,(H2,37,38,40)/t20?,26?,29-/m0/s1. The van der Waals surface area contributed by atoms with E-state index in [1.807, 2.05) is 0 Å². The Kier molecular flexibility index (Phi) is 9.03. The van der Waals surface area contributed by atoms with Gasteiger partial charge in [-0.2, -0.15) is 13.2 Å². The van der Waals surface area contributed by atoms with E-state index in [0.29, 0.717) is 35.9 Å². The van der Waals surface area contributed by atoms with Gasteiger partial charge in [-0.15, -0.1) is 0 Å². The van der Waals surface area contributed by atoms with Crippen LogP contribution in [0.3, 0.4) is 0 Å². The first-order chi connectivity index (χ1) is 18.9. The highest BCUT2D eigenvalue weighted by molar-refractivity contribution is 6.30. The monoisotopic (exact) mass is 575 g/mol. The molecular weight excluding hydrogens is 546 g/mol. The van der Waals surface area contributed by atoms with E-state index in [2.05, 4.69) is 22.2 Å². The molecule has 0 spiro atoms. The summed E-state index contributed by atoms with van der Waals surface area (Å²) in [4.78, 5) is 17.9. The largest absolute Gasteiger partial charge is 0.513 e. The van der Waals surface area contributed by atoms with E-state index in [0.717, 1.165) is 25.0 Å². The second-order valence-corrected chi connectivity index (χ2v) is 10.7. The fourth-order valence-electron chi connectivity index (χ4n) is 5.31. The van der Waals surface area contributed by atoms with Crippen LogP contribution in [0.2, 0.25) is 5.02 Å². The Morgan fingerprint density at radius 3 is 2.30 bits per heavy atom. The summed E-state index contributed by atoms with van der Waals surface area (Å²) in [6, 6.07) is 13.3. The van der Waals surface area contributed by atoms with Gasteiger partial charge < -0.3 is 15.7 Å². The molecule has 5 nitrogen and oxygen atoms in total. The SMILES string of the molecule is C=C(O)CC1CCC(NC(=O)N[C@@](Cc2ccccc2)(c2cc(F)cc(C(F)(F)F)c2)c2ccc(Cl)cn2)CC1. The lowest BCUT2D eigenvalue weighted by molar-refractivity contribution is -0.137. The van der Waals surface area contributed by atoms with E-state index in [1.54, 1.807) is 30.3 Å². The highest BCUT2D eigenvalue weighted by Crippen LogP contribution is 2.38. The number of nitrogens with one attached hydrogen (secondary N) is 2. The number of amides is 2. The summed E-state index contributed by atoms with van der Waals surface area (Å²) < 4.78 is 56.1. The Morgan fingerprint density at radius 2 is 1.70 bits per heavy atom. The molecule has 212 valence electrons. The molecular formula is C30H30ClF4N3O2. The molecule has 0 aliphatic heterocycles. The number of aromatic nitrogens is 1. The van der Waals surface area contributed by atoms with Gasteiger partial charge in [-0.25, -0.2) is 9.18 Å². The first-order valence-electron chi connectivity index (χ1n) is 12.9. The van der Waals surface area contributed by atoms with Crippen molar-refractivity contribution in [3.8, 4) is 0 Å². The molecule has 3 aromatic rings. The van der Waals surface area contributed by atoms with Crippen molar-refractivity contribution in [1.82, 2.24) is 15.6 Å². The summed E-state index contributed by atoms with van der Waals surface area (Å²) in [5.41, 5.74) is -2.09. The van der Waals surface area contributed by atoms with Gasteiger partial charge in [-0.05, 0) is 73.1 Å². The van der Waals surface area contributed by atoms with Crippen LogP contribution in [0.1, 0.15) is 54.5 Å². The number of nitrogens with zero attached hydrogens (tertiary/aromatic N) is 1. The van der Waals surface area contributed by atoms with Crippen LogP contribution in [0.5, 0.6) is 0 Å². The van der Waals surface area contributed by atoms with Gasteiger partial charge in [0.05, 0.1) is 22.0 Å². The molecule has 4 rings (SSSR count). The van der Waals surface area contributed by atoms with Crippen molar-refractivity contribution in [3.05, 3.63) is 112 Å². The Hall–Kier alpha value is -3.59. The minimum atomic E-state index is -4.82. The van der Waals surface area contributed by atoms with Crippen molar-refractivity contribution in [1.29, 1.82) is 0 Å². The van der Waals surface area contributed by atoms with Crippen molar-refractivity contribution in [2.24, 2.45) is 5.92 Å². The van der Waals surface area contributed by atoms with E-state index in [4.69, 9.17) is 11.6 Å². The average molecular weight is 576 g/mol. The second-order valence-electron chi connectivity index (χ2n) is 10.2. The van der Waals surface area contributed by atoms with Crippen molar-refractivity contribution in [2.75, 3.05) is 0 Å². The molecule has 1 aliphatic rings. The molecule has 3 N–H and O–H groups in total. The van der Waals surface area contributed by atoms with Crippen LogP contribution < -0.4 is 10.6 Å². The number of aliphatic hydroxyl groups is 1. The summed E-state index contributed by atoms with van der Waals surface area (Å²) in [7, 11) is 0. The van der Waals surface area contributed by atoms with Gasteiger partial charge in [-0.1, -0.05) is 48.5 Å². The summed E-state index contributed by atoms with van der Waals surface area (Å²) in [5.74, 6) is -0.701. The number of carbonyl (C=O) groups is 1. The van der Waals surface area contributed by atoms with Crippen LogP contribution in [0.25, 0.3) is 0 Å². The van der Waals surface area contributed by atoms with Gasteiger partial charge in [0.15, 0.2) is 0 Å². The molecule has 1 fully saturated rings. The minimum Gasteiger partial charge on any atom is -0.513 e. The fourth-order valence-corrected chi connectivity index (χ4v) is 5.42. The predicted octanol–water partition coefficient (Wildman–Crippen LogP) is 7.70. The zero-order chi connectivity index (χ0) is 28.9. The lowest BCUT2D eigenvalue weighted by Crippen LogP contribution is -2.54. The maximum absolute atomic E-state index is 14.8. The topological polar surface area (TPSA) is 74.2 Å². The third-order valence-corrected chi connectivity index (χ3v) is 7.45. The van der Waals surface area contributed by atoms with Gasteiger partial charge >= 0.3 is 12.2 Å². The molecule has 1 aliphatic carbocycles. The van der Waals surface area contributed by atoms with Crippen LogP contribution in [-0.4, -0.2) is 22.2 Å². The molecule has 0 unspecified atom stereocenters. The first-order valence-corrected chi connectivity index (χ1v) is 13.3. The summed E-state index contributed by atoms with van der Waals surface area (Å²) in [6.07, 6.45) is -0.123. The van der Waals surface area contributed by atoms with E-state index in [-0.39, 0.29) is 35.4 Å². The van der Waals surface area contributed by atoms with Gasteiger partial charge in [0, 0.05) is 25.1 Å². The number of hydrogen-bond acceptors (Lipinski definition) is 3. The highest BCUT2D eigenvalue weighted by atomic mass is 35.5. The molecule has 1 atom stereocenters. The van der Waals surface area contributed by atoms with E-state index < -0.39 is 29.1 Å². The van der Waals surface area contributed by atoms with Crippen LogP contribution in [0.15, 0.2) is 79.2 Å². The van der Waals surface area contributed by atoms with E-state index in [1.165, 1.54) is 18.3 Å². The summed E-state index contributed by atoms with van der Waals surface area (Å²) in [6.45, 7) is 3.55. The number of pyridine rings is 1. The average Bonchev–Trinajstić information content (AvgIpc) is 2.89. The van der Waals surface area contributed by atoms with E-state index >= 15 is 0 Å². The van der Waals surface area contributed by atoms with Crippen LogP contribution >= 0.6 is 11.6 Å². The molecule has 0 radical (unpaired) electrons. The molecule has 2 aromatic carbocycles. The third kappa shape index (κ3) is 7.33. The van der Waals surface area contributed by atoms with Gasteiger partial charge in [-0.3, -0.25) is 4.98 Å². The normalized spacial score (nSPS) is 18.9. The number of rotatable bonds is 8. The van der Waals surface area contributed by atoms with E-state index in [9.17, 15) is 27.5 Å². The highest BCUT2D eigenvalue weighted by Gasteiger charge is 2.41. The Morgan fingerprint density at radius 1 is 1.02 bits per heavy atom. The lowest BCUT2D eigenvalue weighted by Gasteiger charge is -2.37. The van der Waals surface area contributed by atoms with Gasteiger partial charge in [0.1, 0.15) is 11.4 Å². The Balaban J connectivity index is 1.74. The van der Waals surface area contributed by atoms with Crippen molar-refractivity contribution < 1.29 is 27.5 Å². The number of hydrogen-bond donors (Lipinski definition) is 3. The minimum absolute atomic E-state index is 0.0119. The molecule has 2 amide bonds. The molecule has 0 saturated heterocycles. The number of allylic oxidation sites excluding steroid dienone is 1. The number of alkyl halides is 3. The molecule has 1 heterocycles. The van der Waals surface area contributed by atoms with Crippen molar-refractivity contribution in [3.63, 3.8) is 0 Å². The zero-order valence-corrected chi connectivity index (χ0v) is 22.4. The van der Waals surface area contributed by atoms with Crippen LogP contribution in [0.4, 0.5) is 22.4 Å². The lowest BCUT2D eigenvalue weighted by atomic mass is 9.79. The number of halogens is 5. The third-order valence-electron chi connectivity index (χ3n) is 7.23. The Bertz CT molecular complexity index is 1330. The molecule has 10 heteroatoms. The van der Waals surface area contributed by atoms with Crippen molar-refractivity contribution >= 4 is 17.6 Å². The predicted molar refractivity (Wildman–Crippen MR) is 145 cm³/mol. The fraction of sp³-hybridized carbons (Fsp3) is 0.333. The van der Waals surface area contributed by atoms with Gasteiger partial charge in [0.2, 0.25) is 0 Å². The maximum Gasteiger partial charge on any atom is 0.416 e. The quantitative estimate of drug-likeness (QED) is 0.190. The number of aliphatic hydroxyl groups excluding tert-OH is 1. The smallest absolute Gasteiger partial charge is 0.416 e. The number of urea groups is 1. The van der Waals surface area contributed by atoms with Gasteiger partial charge in [0.25, 0.3) is 0 Å². The summed E-state index contributed by atoms with van der Waals surface area (Å²) in [5, 5.41) is 15.6. The number of carbonyl (C=O) groups excluding carboxylic acids is 1. The van der Waals surface area contributed by atoms with Crippen LogP contribution in [-0.2, 0) is 18.1 Å². The zero-order valence-electron chi connectivity index (χ0n) is 21.6. The molecule has 40 heavy (non-hydrogen) atoms. The second kappa shape index (κ2) is 12.3. The van der Waals surface area contributed by atoms with Crippen LogP contribution in [0, 0.1) is 11.7 Å². The molecule has 1 aromatic heterocycles. The first kappa shape index (κ1) is 29.4.